The van der Waals surface area contributed by atoms with E-state index in [-0.39, 0.29) is 0 Å². The number of rotatable bonds is 6. The molecule has 1 aromatic rings. The van der Waals surface area contributed by atoms with Crippen molar-refractivity contribution in [2.24, 2.45) is 5.92 Å². The summed E-state index contributed by atoms with van der Waals surface area (Å²) in [5.74, 6) is 1.54. The van der Waals surface area contributed by atoms with Gasteiger partial charge >= 0.3 is 0 Å². The van der Waals surface area contributed by atoms with Gasteiger partial charge in [-0.1, -0.05) is 6.92 Å². The van der Waals surface area contributed by atoms with Crippen LogP contribution in [0.4, 0.5) is 0 Å². The van der Waals surface area contributed by atoms with Crippen LogP contribution < -0.4 is 5.32 Å². The van der Waals surface area contributed by atoms with Crippen molar-refractivity contribution in [2.75, 3.05) is 0 Å². The van der Waals surface area contributed by atoms with Gasteiger partial charge in [0.1, 0.15) is 11.4 Å². The molecule has 1 heterocycles. The molecule has 0 aliphatic heterocycles. The first-order valence-corrected chi connectivity index (χ1v) is 6.80. The van der Waals surface area contributed by atoms with E-state index in [1.807, 2.05) is 12.4 Å². The molecule has 1 N–H and O–H groups in total. The lowest BCUT2D eigenvalue weighted by Crippen LogP contribution is -2.52. The molecule has 0 saturated heterocycles. The van der Waals surface area contributed by atoms with E-state index in [2.05, 4.69) is 41.7 Å². The lowest BCUT2D eigenvalue weighted by molar-refractivity contribution is 0.292. The average Bonchev–Trinajstić information content (AvgIpc) is 3.10. The Balaban J connectivity index is 2.22. The first-order valence-electron chi connectivity index (χ1n) is 6.80. The predicted molar refractivity (Wildman–Crippen MR) is 70.9 cm³/mol. The van der Waals surface area contributed by atoms with Gasteiger partial charge in [-0.2, -0.15) is 5.26 Å². The second kappa shape index (κ2) is 5.11. The summed E-state index contributed by atoms with van der Waals surface area (Å²) < 4.78 is 2.12. The maximum atomic E-state index is 9.65. The standard InChI is InChI=1S/C14H22N4/c1-4-13-16-7-8-18(13)10-14(9-15,12-5-6-12)17-11(2)3/h7-8,11-12,17H,4-6,10H2,1-3H3. The summed E-state index contributed by atoms with van der Waals surface area (Å²) in [6.45, 7) is 7.00. The molecule has 1 aliphatic rings. The number of imidazole rings is 1. The number of nitrogens with one attached hydrogen (secondary N) is 1. The summed E-state index contributed by atoms with van der Waals surface area (Å²) in [5.41, 5.74) is -0.432. The van der Waals surface area contributed by atoms with Gasteiger partial charge in [0, 0.05) is 24.9 Å². The van der Waals surface area contributed by atoms with Crippen LogP contribution in [0.3, 0.4) is 0 Å². The number of nitrogens with zero attached hydrogens (tertiary/aromatic N) is 3. The SMILES string of the molecule is CCc1nccn1CC(C#N)(NC(C)C)C1CC1. The molecule has 1 fully saturated rings. The van der Waals surface area contributed by atoms with Gasteiger partial charge in [-0.25, -0.2) is 4.98 Å². The maximum Gasteiger partial charge on any atom is 0.127 e. The Morgan fingerprint density at radius 1 is 1.61 bits per heavy atom. The quantitative estimate of drug-likeness (QED) is 0.836. The highest BCUT2D eigenvalue weighted by Crippen LogP contribution is 2.40. The zero-order valence-electron chi connectivity index (χ0n) is 11.5. The second-order valence-electron chi connectivity index (χ2n) is 5.48. The number of nitriles is 1. The Morgan fingerprint density at radius 2 is 2.33 bits per heavy atom. The first-order chi connectivity index (χ1) is 8.61. The van der Waals surface area contributed by atoms with Crippen molar-refractivity contribution in [1.82, 2.24) is 14.9 Å². The van der Waals surface area contributed by atoms with E-state index in [4.69, 9.17) is 0 Å². The fourth-order valence-corrected chi connectivity index (χ4v) is 2.61. The third-order valence-electron chi connectivity index (χ3n) is 3.56. The van der Waals surface area contributed by atoms with Crippen molar-refractivity contribution in [1.29, 1.82) is 5.26 Å². The van der Waals surface area contributed by atoms with E-state index in [0.29, 0.717) is 18.5 Å². The molecule has 1 aliphatic carbocycles. The van der Waals surface area contributed by atoms with E-state index in [1.165, 1.54) is 0 Å². The minimum atomic E-state index is -0.432. The molecule has 0 aromatic carbocycles. The Bertz CT molecular complexity index is 439. The molecule has 1 atom stereocenters. The van der Waals surface area contributed by atoms with Crippen molar-refractivity contribution in [3.05, 3.63) is 18.2 Å². The van der Waals surface area contributed by atoms with Crippen molar-refractivity contribution in [2.45, 2.75) is 58.2 Å². The molecule has 98 valence electrons. The third-order valence-corrected chi connectivity index (χ3v) is 3.56. The van der Waals surface area contributed by atoms with E-state index >= 15 is 0 Å². The predicted octanol–water partition coefficient (Wildman–Crippen LogP) is 2.12. The molecule has 0 radical (unpaired) electrons. The molecular formula is C14H22N4. The van der Waals surface area contributed by atoms with Gasteiger partial charge in [-0.15, -0.1) is 0 Å². The Hall–Kier alpha value is -1.34. The van der Waals surface area contributed by atoms with Crippen molar-refractivity contribution in [3.63, 3.8) is 0 Å². The fraction of sp³-hybridized carbons (Fsp3) is 0.714. The van der Waals surface area contributed by atoms with E-state index in [9.17, 15) is 5.26 Å². The minimum absolute atomic E-state index is 0.318. The van der Waals surface area contributed by atoms with E-state index in [1.54, 1.807) is 0 Å². The second-order valence-corrected chi connectivity index (χ2v) is 5.48. The number of aryl methyl sites for hydroxylation is 1. The van der Waals surface area contributed by atoms with Gasteiger partial charge in [0.25, 0.3) is 0 Å². The van der Waals surface area contributed by atoms with Crippen molar-refractivity contribution >= 4 is 0 Å². The topological polar surface area (TPSA) is 53.6 Å². The Morgan fingerprint density at radius 3 is 2.83 bits per heavy atom. The van der Waals surface area contributed by atoms with Crippen molar-refractivity contribution in [3.8, 4) is 6.07 Å². The van der Waals surface area contributed by atoms with Gasteiger partial charge in [0.2, 0.25) is 0 Å². The number of aromatic nitrogens is 2. The normalized spacial score (nSPS) is 18.6. The molecule has 2 rings (SSSR count). The highest BCUT2D eigenvalue weighted by atomic mass is 15.1. The molecule has 0 spiro atoms. The summed E-state index contributed by atoms with van der Waals surface area (Å²) in [7, 11) is 0. The molecule has 0 bridgehead atoms. The highest BCUT2D eigenvalue weighted by molar-refractivity contribution is 5.16. The molecule has 18 heavy (non-hydrogen) atoms. The lowest BCUT2D eigenvalue weighted by Gasteiger charge is -2.31. The van der Waals surface area contributed by atoms with Gasteiger partial charge < -0.3 is 4.57 Å². The monoisotopic (exact) mass is 246 g/mol. The molecule has 1 aromatic heterocycles. The maximum absolute atomic E-state index is 9.65. The summed E-state index contributed by atoms with van der Waals surface area (Å²) in [6.07, 6.45) is 7.02. The van der Waals surface area contributed by atoms with E-state index in [0.717, 1.165) is 25.1 Å². The molecule has 4 heteroatoms. The van der Waals surface area contributed by atoms with E-state index < -0.39 is 5.54 Å². The van der Waals surface area contributed by atoms with Crippen LogP contribution >= 0.6 is 0 Å². The lowest BCUT2D eigenvalue weighted by atomic mass is 9.93. The summed E-state index contributed by atoms with van der Waals surface area (Å²) in [6, 6.07) is 2.86. The zero-order chi connectivity index (χ0) is 13.2. The largest absolute Gasteiger partial charge is 0.332 e. The fourth-order valence-electron chi connectivity index (χ4n) is 2.61. The van der Waals surface area contributed by atoms with Gasteiger partial charge in [-0.05, 0) is 32.6 Å². The molecule has 4 nitrogen and oxygen atoms in total. The molecule has 0 amide bonds. The van der Waals surface area contributed by atoms with Crippen LogP contribution in [0.25, 0.3) is 0 Å². The van der Waals surface area contributed by atoms with Crippen LogP contribution in [0.1, 0.15) is 39.4 Å². The average molecular weight is 246 g/mol. The Kier molecular flexibility index (Phi) is 3.72. The van der Waals surface area contributed by atoms with Crippen LogP contribution in [0, 0.1) is 17.2 Å². The molecule has 1 unspecified atom stereocenters. The minimum Gasteiger partial charge on any atom is -0.332 e. The van der Waals surface area contributed by atoms with Crippen LogP contribution in [0.5, 0.6) is 0 Å². The van der Waals surface area contributed by atoms with Gasteiger partial charge in [-0.3, -0.25) is 5.32 Å². The number of hydrogen-bond acceptors (Lipinski definition) is 3. The van der Waals surface area contributed by atoms with Crippen LogP contribution in [-0.2, 0) is 13.0 Å². The van der Waals surface area contributed by atoms with Crippen LogP contribution in [0.15, 0.2) is 12.4 Å². The molecular weight excluding hydrogens is 224 g/mol. The first kappa shape index (κ1) is 13.1. The molecule has 1 saturated carbocycles. The summed E-state index contributed by atoms with van der Waals surface area (Å²) in [5, 5.41) is 13.1. The van der Waals surface area contributed by atoms with Crippen LogP contribution in [-0.4, -0.2) is 21.1 Å². The third kappa shape index (κ3) is 2.56. The highest BCUT2D eigenvalue weighted by Gasteiger charge is 2.46. The summed E-state index contributed by atoms with van der Waals surface area (Å²) in [4.78, 5) is 4.34. The Labute approximate surface area is 109 Å². The van der Waals surface area contributed by atoms with Crippen LogP contribution in [0.2, 0.25) is 0 Å². The zero-order valence-corrected chi connectivity index (χ0v) is 11.5. The van der Waals surface area contributed by atoms with Gasteiger partial charge in [0.15, 0.2) is 0 Å². The summed E-state index contributed by atoms with van der Waals surface area (Å²) >= 11 is 0. The number of hydrogen-bond donors (Lipinski definition) is 1. The van der Waals surface area contributed by atoms with Crippen molar-refractivity contribution < 1.29 is 0 Å². The van der Waals surface area contributed by atoms with Gasteiger partial charge in [0.05, 0.1) is 12.6 Å². The smallest absolute Gasteiger partial charge is 0.127 e.